The van der Waals surface area contributed by atoms with E-state index in [-0.39, 0.29) is 21.7 Å². The molecule has 0 atom stereocenters. The van der Waals surface area contributed by atoms with Gasteiger partial charge in [0.05, 0.1) is 22.4 Å². The van der Waals surface area contributed by atoms with Gasteiger partial charge in [-0.3, -0.25) is 0 Å². The topological polar surface area (TPSA) is 32.2 Å². The van der Waals surface area contributed by atoms with Gasteiger partial charge in [0.15, 0.2) is 0 Å². The third-order valence-corrected chi connectivity index (χ3v) is 15.8. The van der Waals surface area contributed by atoms with E-state index in [4.69, 9.17) is 4.42 Å². The van der Waals surface area contributed by atoms with E-state index < -0.39 is 0 Å². The molecule has 7 aromatic carbocycles. The average molecular weight is 807 g/mol. The first-order valence-electron chi connectivity index (χ1n) is 22.9. The van der Waals surface area contributed by atoms with Crippen molar-refractivity contribution in [2.24, 2.45) is 0 Å². The maximum absolute atomic E-state index is 7.25. The third kappa shape index (κ3) is 5.44. The van der Waals surface area contributed by atoms with Gasteiger partial charge in [-0.15, -0.1) is 0 Å². The standard InChI is InChI=1S/C58H55BN2O/c1-55(2)25-26-56(3,4)45-31-37(22-24-44(45)55)61-48-30-36(34-15-10-9-11-16-34)29-42(40-20-14-19-39-41-23-21-35-17-12-13-18-38(35)51(41)60-52(39)40)50(48)59-54-53(61)43-32-46-47(33-49(43)62-54)58(7,8)28-27-57(46,5)6/h9-24,29-33,59-60H,25-28H2,1-8H3. The molecule has 9 aromatic rings. The second-order valence-corrected chi connectivity index (χ2v) is 21.5. The van der Waals surface area contributed by atoms with Gasteiger partial charge in [-0.1, -0.05) is 146 Å². The fraction of sp³-hybridized carbons (Fsp3) is 0.276. The molecule has 1 N–H and O–H groups in total. The van der Waals surface area contributed by atoms with Crippen molar-refractivity contribution in [2.75, 3.05) is 4.90 Å². The van der Waals surface area contributed by atoms with Crippen LogP contribution in [-0.4, -0.2) is 12.3 Å². The monoisotopic (exact) mass is 806 g/mol. The molecule has 0 spiro atoms. The molecule has 4 heteroatoms. The molecule has 3 aliphatic rings. The maximum Gasteiger partial charge on any atom is 0.244 e. The third-order valence-electron chi connectivity index (χ3n) is 15.8. The predicted molar refractivity (Wildman–Crippen MR) is 266 cm³/mol. The Morgan fingerprint density at radius 1 is 0.500 bits per heavy atom. The summed E-state index contributed by atoms with van der Waals surface area (Å²) < 4.78 is 7.25. The minimum absolute atomic E-state index is 0.0575. The van der Waals surface area contributed by atoms with Crippen molar-refractivity contribution >= 4 is 79.0 Å². The molecule has 2 aromatic heterocycles. The summed E-state index contributed by atoms with van der Waals surface area (Å²) in [6, 6.07) is 48.3. The van der Waals surface area contributed by atoms with E-state index in [9.17, 15) is 0 Å². The lowest BCUT2D eigenvalue weighted by molar-refractivity contribution is 0.332. The first-order chi connectivity index (χ1) is 29.7. The molecule has 0 bridgehead atoms. The summed E-state index contributed by atoms with van der Waals surface area (Å²) in [4.78, 5) is 6.60. The van der Waals surface area contributed by atoms with Crippen LogP contribution in [0.5, 0.6) is 0 Å². The van der Waals surface area contributed by atoms with E-state index in [1.54, 1.807) is 0 Å². The van der Waals surface area contributed by atoms with Crippen molar-refractivity contribution in [3.63, 3.8) is 0 Å². The van der Waals surface area contributed by atoms with E-state index in [2.05, 4.69) is 193 Å². The number of para-hydroxylation sites is 1. The van der Waals surface area contributed by atoms with Crippen molar-refractivity contribution in [3.05, 3.63) is 150 Å². The van der Waals surface area contributed by atoms with Crippen molar-refractivity contribution in [2.45, 2.75) is 103 Å². The zero-order valence-electron chi connectivity index (χ0n) is 37.5. The van der Waals surface area contributed by atoms with Crippen LogP contribution in [0.1, 0.15) is 103 Å². The lowest BCUT2D eigenvalue weighted by Crippen LogP contribution is -2.40. The molecule has 0 amide bonds. The fourth-order valence-electron chi connectivity index (χ4n) is 11.8. The van der Waals surface area contributed by atoms with Gasteiger partial charge in [-0.2, -0.15) is 0 Å². The molecule has 0 saturated heterocycles. The summed E-state index contributed by atoms with van der Waals surface area (Å²) in [5.74, 6) is 0. The van der Waals surface area contributed by atoms with Crippen LogP contribution in [0.4, 0.5) is 17.1 Å². The van der Waals surface area contributed by atoms with Gasteiger partial charge < -0.3 is 14.3 Å². The van der Waals surface area contributed by atoms with Crippen molar-refractivity contribution in [1.29, 1.82) is 0 Å². The second-order valence-electron chi connectivity index (χ2n) is 21.5. The van der Waals surface area contributed by atoms with E-state index in [0.717, 1.165) is 17.7 Å². The summed E-state index contributed by atoms with van der Waals surface area (Å²) in [6.07, 6.45) is 4.68. The number of hydrogen-bond acceptors (Lipinski definition) is 2. The highest BCUT2D eigenvalue weighted by molar-refractivity contribution is 6.73. The lowest BCUT2D eigenvalue weighted by atomic mass is 9.60. The van der Waals surface area contributed by atoms with Gasteiger partial charge in [-0.25, -0.2) is 0 Å². The molecule has 12 rings (SSSR count). The van der Waals surface area contributed by atoms with Crippen LogP contribution >= 0.6 is 0 Å². The Kier molecular flexibility index (Phi) is 7.78. The number of H-pyrrole nitrogens is 1. The number of fused-ring (bicyclic) bond motifs is 11. The molecule has 0 saturated carbocycles. The number of furan rings is 1. The minimum Gasteiger partial charge on any atom is -0.469 e. The molecule has 3 nitrogen and oxygen atoms in total. The van der Waals surface area contributed by atoms with Crippen LogP contribution < -0.4 is 16.0 Å². The molecule has 3 heterocycles. The second kappa shape index (κ2) is 12.8. The van der Waals surface area contributed by atoms with Gasteiger partial charge in [0, 0.05) is 38.5 Å². The van der Waals surface area contributed by atoms with Gasteiger partial charge in [-0.05, 0) is 134 Å². The van der Waals surface area contributed by atoms with Gasteiger partial charge in [0.2, 0.25) is 7.28 Å². The average Bonchev–Trinajstić information content (AvgIpc) is 3.84. The van der Waals surface area contributed by atoms with Crippen LogP contribution in [-0.2, 0) is 21.7 Å². The number of aromatic nitrogens is 1. The summed E-state index contributed by atoms with van der Waals surface area (Å²) >= 11 is 0. The Hall–Kier alpha value is -6.00. The molecule has 2 aliphatic carbocycles. The first kappa shape index (κ1) is 37.7. The zero-order valence-corrected chi connectivity index (χ0v) is 37.5. The normalized spacial score (nSPS) is 18.0. The molecule has 0 radical (unpaired) electrons. The maximum atomic E-state index is 7.25. The highest BCUT2D eigenvalue weighted by Gasteiger charge is 2.41. The smallest absolute Gasteiger partial charge is 0.244 e. The molecular weight excluding hydrogens is 751 g/mol. The van der Waals surface area contributed by atoms with Crippen LogP contribution in [0.25, 0.3) is 65.8 Å². The molecule has 62 heavy (non-hydrogen) atoms. The van der Waals surface area contributed by atoms with Crippen LogP contribution in [0.3, 0.4) is 0 Å². The summed E-state index contributed by atoms with van der Waals surface area (Å²) in [5.41, 5.74) is 20.3. The Morgan fingerprint density at radius 2 is 1.15 bits per heavy atom. The Labute approximate surface area is 366 Å². The Balaban J connectivity index is 1.18. The molecule has 0 unspecified atom stereocenters. The van der Waals surface area contributed by atoms with E-state index >= 15 is 0 Å². The predicted octanol–water partition coefficient (Wildman–Crippen LogP) is 14.4. The minimum atomic E-state index is 0.0575. The number of aromatic amines is 1. The van der Waals surface area contributed by atoms with Crippen LogP contribution in [0, 0.1) is 0 Å². The zero-order chi connectivity index (χ0) is 42.5. The van der Waals surface area contributed by atoms with Crippen molar-refractivity contribution < 1.29 is 4.42 Å². The summed E-state index contributed by atoms with van der Waals surface area (Å²) in [7, 11) is 0.695. The molecular formula is C58H55BN2O. The molecule has 306 valence electrons. The Bertz CT molecular complexity index is 3340. The Morgan fingerprint density at radius 3 is 1.90 bits per heavy atom. The van der Waals surface area contributed by atoms with Crippen molar-refractivity contribution in [1.82, 2.24) is 4.98 Å². The van der Waals surface area contributed by atoms with Gasteiger partial charge in [0.1, 0.15) is 5.58 Å². The number of benzene rings is 7. The van der Waals surface area contributed by atoms with E-state index in [0.29, 0.717) is 7.28 Å². The van der Waals surface area contributed by atoms with Gasteiger partial charge in [0.25, 0.3) is 0 Å². The number of anilines is 3. The fourth-order valence-corrected chi connectivity index (χ4v) is 11.8. The van der Waals surface area contributed by atoms with Crippen LogP contribution in [0.2, 0.25) is 0 Å². The lowest BCUT2D eigenvalue weighted by Gasteiger charge is -2.43. The van der Waals surface area contributed by atoms with Crippen LogP contribution in [0.15, 0.2) is 132 Å². The first-order valence-corrected chi connectivity index (χ1v) is 22.9. The van der Waals surface area contributed by atoms with Gasteiger partial charge >= 0.3 is 0 Å². The number of hydrogen-bond donors (Lipinski definition) is 1. The van der Waals surface area contributed by atoms with E-state index in [1.165, 1.54) is 124 Å². The molecule has 0 fully saturated rings. The SMILES string of the molecule is CC1(C)CCC(C)(C)c2cc(N3c4cc(-c5ccccc5)cc(-c5cccc6c5[nH]c5c7ccccc7ccc65)c4Bc4oc5cc6c(cc5c43)C(C)(C)CCC6(C)C)ccc21. The van der Waals surface area contributed by atoms with E-state index in [1.807, 2.05) is 0 Å². The highest BCUT2D eigenvalue weighted by Crippen LogP contribution is 2.52. The largest absolute Gasteiger partial charge is 0.469 e. The summed E-state index contributed by atoms with van der Waals surface area (Å²) in [6.45, 7) is 19.4. The summed E-state index contributed by atoms with van der Waals surface area (Å²) in [5, 5.41) is 6.20. The quantitative estimate of drug-likeness (QED) is 0.180. The number of nitrogens with zero attached hydrogens (tertiary/aromatic N) is 1. The highest BCUT2D eigenvalue weighted by atomic mass is 16.3. The number of rotatable bonds is 3. The van der Waals surface area contributed by atoms with Crippen molar-refractivity contribution in [3.8, 4) is 22.3 Å². The molecule has 1 aliphatic heterocycles. The number of nitrogens with one attached hydrogen (secondary N) is 1.